The molecule has 1 aromatic heterocycles. The summed E-state index contributed by atoms with van der Waals surface area (Å²) in [6.07, 6.45) is 1.33. The molecule has 0 saturated heterocycles. The van der Waals surface area contributed by atoms with Gasteiger partial charge >= 0.3 is 0 Å². The number of halogens is 4. The van der Waals surface area contributed by atoms with Gasteiger partial charge in [0.05, 0.1) is 22.9 Å². The molecule has 0 saturated carbocycles. The minimum absolute atomic E-state index is 0.000311. The molecule has 10 heteroatoms. The predicted molar refractivity (Wildman–Crippen MR) is 108 cm³/mol. The number of nitrogens with zero attached hydrogens (tertiary/aromatic N) is 1. The van der Waals surface area contributed by atoms with Gasteiger partial charge < -0.3 is 5.32 Å². The van der Waals surface area contributed by atoms with Gasteiger partial charge in [-0.3, -0.25) is 0 Å². The zero-order valence-electron chi connectivity index (χ0n) is 14.4. The summed E-state index contributed by atoms with van der Waals surface area (Å²) in [7, 11) is -4.02. The van der Waals surface area contributed by atoms with Gasteiger partial charge in [-0.2, -0.15) is 0 Å². The Labute approximate surface area is 175 Å². The third kappa shape index (κ3) is 4.63. The maximum absolute atomic E-state index is 14.6. The van der Waals surface area contributed by atoms with Crippen molar-refractivity contribution in [2.24, 2.45) is 0 Å². The van der Waals surface area contributed by atoms with Gasteiger partial charge in [0.25, 0.3) is 0 Å². The number of aromatic nitrogens is 1. The molecule has 0 amide bonds. The fraction of sp³-hybridized carbons (Fsp3) is 0.167. The molecule has 1 N–H and O–H groups in total. The maximum atomic E-state index is 14.6. The van der Waals surface area contributed by atoms with Gasteiger partial charge in [0.1, 0.15) is 31.6 Å². The van der Waals surface area contributed by atoms with Gasteiger partial charge in [-0.1, -0.05) is 41.4 Å². The summed E-state index contributed by atoms with van der Waals surface area (Å²) in [5.74, 6) is -1.87. The van der Waals surface area contributed by atoms with Crippen LogP contribution in [0.2, 0.25) is 9.36 Å². The summed E-state index contributed by atoms with van der Waals surface area (Å²) in [4.78, 5) is 3.35. The summed E-state index contributed by atoms with van der Waals surface area (Å²) < 4.78 is 53.9. The van der Waals surface area contributed by atoms with E-state index in [0.29, 0.717) is 9.90 Å². The molecule has 0 spiro atoms. The highest BCUT2D eigenvalue weighted by molar-refractivity contribution is 7.90. The Morgan fingerprint density at radius 1 is 1.18 bits per heavy atom. The van der Waals surface area contributed by atoms with Crippen molar-refractivity contribution in [2.75, 3.05) is 5.32 Å². The first-order valence-corrected chi connectivity index (χ1v) is 11.2. The summed E-state index contributed by atoms with van der Waals surface area (Å²) >= 11 is 12.9. The molecule has 0 aliphatic carbocycles. The Morgan fingerprint density at radius 3 is 2.54 bits per heavy atom. The Bertz CT molecular complexity index is 1120. The van der Waals surface area contributed by atoms with E-state index in [9.17, 15) is 17.2 Å². The second-order valence-electron chi connectivity index (χ2n) is 5.97. The summed E-state index contributed by atoms with van der Waals surface area (Å²) in [6, 6.07) is 7.66. The fourth-order valence-electron chi connectivity index (χ4n) is 2.61. The maximum Gasteiger partial charge on any atom is 0.187 e. The highest BCUT2D eigenvalue weighted by atomic mass is 35.5. The van der Waals surface area contributed by atoms with Crippen LogP contribution in [0.4, 0.5) is 14.5 Å². The Balaban J connectivity index is 1.87. The number of anilines is 1. The van der Waals surface area contributed by atoms with Crippen LogP contribution in [0.3, 0.4) is 0 Å². The van der Waals surface area contributed by atoms with Crippen LogP contribution >= 0.6 is 34.5 Å². The molecule has 0 radical (unpaired) electrons. The van der Waals surface area contributed by atoms with Gasteiger partial charge in [0, 0.05) is 5.56 Å². The normalized spacial score (nSPS) is 12.8. The van der Waals surface area contributed by atoms with Crippen LogP contribution in [-0.4, -0.2) is 13.4 Å². The molecule has 148 valence electrons. The van der Waals surface area contributed by atoms with E-state index in [0.717, 1.165) is 23.5 Å². The quantitative estimate of drug-likeness (QED) is 0.497. The number of rotatable bonds is 6. The SMILES string of the molecule is C[C@H](Nc1cc(F)c(S(=O)(=O)Cc2ncc(Cl)s2)cc1Cl)c1ccccc1F. The van der Waals surface area contributed by atoms with Crippen LogP contribution < -0.4 is 5.32 Å². The van der Waals surface area contributed by atoms with Crippen LogP contribution in [0.25, 0.3) is 0 Å². The third-order valence-corrected chi connectivity index (χ3v) is 7.19. The lowest BCUT2D eigenvalue weighted by atomic mass is 10.1. The monoisotopic (exact) mass is 462 g/mol. The molecule has 3 aromatic rings. The van der Waals surface area contributed by atoms with Gasteiger partial charge in [-0.05, 0) is 25.1 Å². The van der Waals surface area contributed by atoms with Crippen LogP contribution in [0, 0.1) is 11.6 Å². The predicted octanol–water partition coefficient (Wildman–Crippen LogP) is 5.88. The van der Waals surface area contributed by atoms with Crippen molar-refractivity contribution >= 4 is 50.1 Å². The van der Waals surface area contributed by atoms with E-state index >= 15 is 0 Å². The van der Waals surface area contributed by atoms with Gasteiger partial charge in [-0.15, -0.1) is 11.3 Å². The smallest absolute Gasteiger partial charge is 0.187 e. The number of sulfone groups is 1. The molecule has 3 rings (SSSR count). The van der Waals surface area contributed by atoms with Crippen LogP contribution in [0.1, 0.15) is 23.5 Å². The van der Waals surface area contributed by atoms with Crippen molar-refractivity contribution in [3.63, 3.8) is 0 Å². The van der Waals surface area contributed by atoms with Gasteiger partial charge in [-0.25, -0.2) is 22.2 Å². The average molecular weight is 463 g/mol. The first-order chi connectivity index (χ1) is 13.2. The van der Waals surface area contributed by atoms with Crippen molar-refractivity contribution in [1.82, 2.24) is 4.98 Å². The van der Waals surface area contributed by atoms with Crippen LogP contribution in [0.5, 0.6) is 0 Å². The second kappa shape index (κ2) is 8.32. The average Bonchev–Trinajstić information content (AvgIpc) is 3.02. The summed E-state index contributed by atoms with van der Waals surface area (Å²) in [5.41, 5.74) is 0.530. The van der Waals surface area contributed by atoms with E-state index in [1.54, 1.807) is 25.1 Å². The van der Waals surface area contributed by atoms with Crippen molar-refractivity contribution in [3.8, 4) is 0 Å². The molecule has 1 heterocycles. The van der Waals surface area contributed by atoms with Crippen LogP contribution in [-0.2, 0) is 15.6 Å². The molecule has 28 heavy (non-hydrogen) atoms. The standard InChI is InChI=1S/C18H14Cl2F2N2O2S2/c1-10(11-4-2-3-5-13(11)21)24-15-7-14(22)16(6-12(15)19)28(25,26)9-18-23-8-17(20)27-18/h2-8,10,24H,9H2,1H3/t10-/m0/s1. The highest BCUT2D eigenvalue weighted by Crippen LogP contribution is 2.33. The summed E-state index contributed by atoms with van der Waals surface area (Å²) in [5, 5.41) is 3.15. The lowest BCUT2D eigenvalue weighted by Crippen LogP contribution is -2.11. The van der Waals surface area contributed by atoms with E-state index in [-0.39, 0.29) is 15.7 Å². The van der Waals surface area contributed by atoms with E-state index in [2.05, 4.69) is 10.3 Å². The molecule has 2 aromatic carbocycles. The van der Waals surface area contributed by atoms with Crippen molar-refractivity contribution in [1.29, 1.82) is 0 Å². The topological polar surface area (TPSA) is 59.1 Å². The number of hydrogen-bond donors (Lipinski definition) is 1. The third-order valence-electron chi connectivity index (χ3n) is 3.94. The number of nitrogens with one attached hydrogen (secondary N) is 1. The van der Waals surface area contributed by atoms with Gasteiger partial charge in [0.15, 0.2) is 9.84 Å². The van der Waals surface area contributed by atoms with Gasteiger partial charge in [0.2, 0.25) is 0 Å². The van der Waals surface area contributed by atoms with Crippen molar-refractivity contribution in [2.45, 2.75) is 23.6 Å². The zero-order valence-corrected chi connectivity index (χ0v) is 17.6. The summed E-state index contributed by atoms with van der Waals surface area (Å²) in [6.45, 7) is 1.68. The Kier molecular flexibility index (Phi) is 6.24. The first kappa shape index (κ1) is 21.0. The molecule has 0 aliphatic rings. The largest absolute Gasteiger partial charge is 0.377 e. The van der Waals surface area contributed by atoms with E-state index in [1.807, 2.05) is 0 Å². The number of benzene rings is 2. The number of hydrogen-bond acceptors (Lipinski definition) is 5. The van der Waals surface area contributed by atoms with Crippen LogP contribution in [0.15, 0.2) is 47.5 Å². The van der Waals surface area contributed by atoms with Crippen molar-refractivity contribution in [3.05, 3.63) is 74.2 Å². The Morgan fingerprint density at radius 2 is 1.89 bits per heavy atom. The molecule has 0 unspecified atom stereocenters. The lowest BCUT2D eigenvalue weighted by Gasteiger charge is -2.18. The molecule has 1 atom stereocenters. The zero-order chi connectivity index (χ0) is 20.5. The molecule has 0 fully saturated rings. The first-order valence-electron chi connectivity index (χ1n) is 8.00. The van der Waals surface area contributed by atoms with E-state index in [4.69, 9.17) is 23.2 Å². The number of thiazole rings is 1. The Hall–Kier alpha value is -1.74. The van der Waals surface area contributed by atoms with E-state index in [1.165, 1.54) is 12.3 Å². The minimum Gasteiger partial charge on any atom is -0.377 e. The second-order valence-corrected chi connectivity index (χ2v) is 10.1. The molecule has 0 bridgehead atoms. The fourth-order valence-corrected chi connectivity index (χ4v) is 5.55. The van der Waals surface area contributed by atoms with Crippen molar-refractivity contribution < 1.29 is 17.2 Å². The minimum atomic E-state index is -4.02. The molecule has 0 aliphatic heterocycles. The van der Waals surface area contributed by atoms with E-state index < -0.39 is 38.2 Å². The molecular formula is C18H14Cl2F2N2O2S2. The molecular weight excluding hydrogens is 449 g/mol. The molecule has 4 nitrogen and oxygen atoms in total. The lowest BCUT2D eigenvalue weighted by molar-refractivity contribution is 0.566. The highest BCUT2D eigenvalue weighted by Gasteiger charge is 2.24.